The van der Waals surface area contributed by atoms with Crippen LogP contribution in [-0.4, -0.2) is 20.6 Å². The number of hydrogen-bond donors (Lipinski definition) is 1. The van der Waals surface area contributed by atoms with E-state index in [0.717, 1.165) is 17.1 Å². The molecule has 6 heteroatoms. The smallest absolute Gasteiger partial charge is 0.275 e. The number of hydrogen-bond acceptors (Lipinski definition) is 5. The van der Waals surface area contributed by atoms with Gasteiger partial charge in [-0.2, -0.15) is 4.52 Å². The first-order valence-corrected chi connectivity index (χ1v) is 9.73. The van der Waals surface area contributed by atoms with Gasteiger partial charge in [0.15, 0.2) is 0 Å². The van der Waals surface area contributed by atoms with Gasteiger partial charge < -0.3 is 5.32 Å². The van der Waals surface area contributed by atoms with Gasteiger partial charge in [0.25, 0.3) is 5.56 Å². The van der Waals surface area contributed by atoms with Crippen LogP contribution in [0.2, 0.25) is 0 Å². The lowest BCUT2D eigenvalue weighted by Crippen LogP contribution is -2.16. The van der Waals surface area contributed by atoms with Crippen molar-refractivity contribution < 1.29 is 0 Å². The van der Waals surface area contributed by atoms with Crippen LogP contribution in [0.15, 0.2) is 71.5 Å². The van der Waals surface area contributed by atoms with Crippen LogP contribution in [0.5, 0.6) is 0 Å². The van der Waals surface area contributed by atoms with Crippen LogP contribution < -0.4 is 10.9 Å². The van der Waals surface area contributed by atoms with E-state index in [1.807, 2.05) is 36.4 Å². The Hall–Kier alpha value is -2.99. The molecule has 0 unspecified atom stereocenters. The monoisotopic (exact) mass is 374 g/mol. The molecule has 2 atom stereocenters. The average molecular weight is 374 g/mol. The molecule has 0 bridgehead atoms. The second kappa shape index (κ2) is 6.03. The summed E-state index contributed by atoms with van der Waals surface area (Å²) in [6.07, 6.45) is 1.05. The Labute approximate surface area is 160 Å². The zero-order valence-electron chi connectivity index (χ0n) is 14.8. The van der Waals surface area contributed by atoms with E-state index in [1.165, 1.54) is 27.5 Å². The summed E-state index contributed by atoms with van der Waals surface area (Å²) in [5.41, 5.74) is 2.87. The summed E-state index contributed by atoms with van der Waals surface area (Å²) >= 11 is 1.41. The van der Waals surface area contributed by atoms with E-state index in [1.54, 1.807) is 0 Å². The third-order valence-corrected chi connectivity index (χ3v) is 6.12. The van der Waals surface area contributed by atoms with E-state index in [9.17, 15) is 4.79 Å². The Balaban J connectivity index is 1.44. The summed E-state index contributed by atoms with van der Waals surface area (Å²) in [6, 6.07) is 22.1. The summed E-state index contributed by atoms with van der Waals surface area (Å²) in [5.74, 6) is 0. The first-order chi connectivity index (χ1) is 13.1. The molecule has 0 radical (unpaired) electrons. The number of fused-ring (bicyclic) bond motifs is 1. The van der Waals surface area contributed by atoms with Gasteiger partial charge in [-0.3, -0.25) is 4.79 Å². The SMILES string of the molecule is C[C@@]1(c2ccccc2)C[C@@H]1Nc1nn2c(=O)cc(-c3ccccc3)nc2s1. The summed E-state index contributed by atoms with van der Waals surface area (Å²) in [6.45, 7) is 2.26. The number of anilines is 1. The van der Waals surface area contributed by atoms with Crippen LogP contribution in [0, 0.1) is 0 Å². The summed E-state index contributed by atoms with van der Waals surface area (Å²) in [4.78, 5) is 17.7. The van der Waals surface area contributed by atoms with Gasteiger partial charge in [-0.15, -0.1) is 5.10 Å². The van der Waals surface area contributed by atoms with E-state index >= 15 is 0 Å². The van der Waals surface area contributed by atoms with Crippen molar-refractivity contribution in [1.29, 1.82) is 0 Å². The Bertz CT molecular complexity index is 1170. The number of nitrogens with zero attached hydrogens (tertiary/aromatic N) is 3. The zero-order chi connectivity index (χ0) is 18.4. The molecule has 1 aliphatic rings. The van der Waals surface area contributed by atoms with Gasteiger partial charge in [-0.1, -0.05) is 78.9 Å². The van der Waals surface area contributed by atoms with Crippen LogP contribution in [0.1, 0.15) is 18.9 Å². The molecular formula is C21H18N4OS. The normalized spacial score (nSPS) is 21.3. The maximum atomic E-state index is 12.5. The van der Waals surface area contributed by atoms with Crippen molar-refractivity contribution in [3.05, 3.63) is 82.6 Å². The van der Waals surface area contributed by atoms with Crippen molar-refractivity contribution in [2.75, 3.05) is 5.32 Å². The van der Waals surface area contributed by atoms with Gasteiger partial charge in [0.05, 0.1) is 5.69 Å². The minimum atomic E-state index is -0.162. The molecule has 4 aromatic rings. The maximum Gasteiger partial charge on any atom is 0.275 e. The quantitative estimate of drug-likeness (QED) is 0.587. The topological polar surface area (TPSA) is 59.3 Å². The minimum absolute atomic E-state index is 0.104. The second-order valence-electron chi connectivity index (χ2n) is 7.13. The first kappa shape index (κ1) is 16.2. The van der Waals surface area contributed by atoms with Gasteiger partial charge >= 0.3 is 0 Å². The summed E-state index contributed by atoms with van der Waals surface area (Å²) in [5, 5.41) is 8.65. The maximum absolute atomic E-state index is 12.5. The molecule has 27 heavy (non-hydrogen) atoms. The number of nitrogens with one attached hydrogen (secondary N) is 1. The first-order valence-electron chi connectivity index (χ1n) is 8.92. The van der Waals surface area contributed by atoms with Crippen molar-refractivity contribution in [2.45, 2.75) is 24.8 Å². The molecule has 1 saturated carbocycles. The predicted molar refractivity (Wildman–Crippen MR) is 108 cm³/mol. The molecule has 0 saturated heterocycles. The van der Waals surface area contributed by atoms with E-state index in [4.69, 9.17) is 0 Å². The third kappa shape index (κ3) is 2.82. The lowest BCUT2D eigenvalue weighted by Gasteiger charge is -2.11. The molecule has 2 aromatic carbocycles. The average Bonchev–Trinajstić information content (AvgIpc) is 3.17. The molecular weight excluding hydrogens is 356 g/mol. The Morgan fingerprint density at radius 2 is 1.81 bits per heavy atom. The molecule has 1 fully saturated rings. The highest BCUT2D eigenvalue weighted by Gasteiger charge is 2.51. The van der Waals surface area contributed by atoms with Crippen molar-refractivity contribution >= 4 is 21.4 Å². The Morgan fingerprint density at radius 1 is 1.11 bits per heavy atom. The molecule has 134 valence electrons. The van der Waals surface area contributed by atoms with E-state index in [-0.39, 0.29) is 11.0 Å². The highest BCUT2D eigenvalue weighted by molar-refractivity contribution is 7.20. The van der Waals surface area contributed by atoms with E-state index < -0.39 is 0 Å². The van der Waals surface area contributed by atoms with E-state index in [0.29, 0.717) is 16.7 Å². The van der Waals surface area contributed by atoms with Crippen LogP contribution in [0.4, 0.5) is 5.13 Å². The molecule has 2 heterocycles. The largest absolute Gasteiger partial charge is 0.356 e. The van der Waals surface area contributed by atoms with Gasteiger partial charge in [-0.05, 0) is 12.0 Å². The van der Waals surface area contributed by atoms with Gasteiger partial charge in [0, 0.05) is 23.1 Å². The van der Waals surface area contributed by atoms with Crippen molar-refractivity contribution in [2.24, 2.45) is 0 Å². The van der Waals surface area contributed by atoms with Gasteiger partial charge in [-0.25, -0.2) is 4.98 Å². The van der Waals surface area contributed by atoms with E-state index in [2.05, 4.69) is 46.6 Å². The minimum Gasteiger partial charge on any atom is -0.356 e. The number of rotatable bonds is 4. The molecule has 1 N–H and O–H groups in total. The van der Waals surface area contributed by atoms with Crippen LogP contribution in [0.25, 0.3) is 16.2 Å². The third-order valence-electron chi connectivity index (χ3n) is 5.28. The molecule has 0 spiro atoms. The van der Waals surface area contributed by atoms with Crippen LogP contribution in [0.3, 0.4) is 0 Å². The standard InChI is InChI=1S/C21H18N4OS/c1-21(15-10-6-3-7-11-15)13-17(21)23-19-24-25-18(26)12-16(22-20(25)27-19)14-8-4-2-5-9-14/h2-12,17H,13H2,1H3,(H,23,24)/t17-,21-/m0/s1. The molecule has 0 amide bonds. The number of benzene rings is 2. The lowest BCUT2D eigenvalue weighted by atomic mass is 9.98. The zero-order valence-corrected chi connectivity index (χ0v) is 15.6. The van der Waals surface area contributed by atoms with Crippen LogP contribution in [-0.2, 0) is 5.41 Å². The fourth-order valence-corrected chi connectivity index (χ4v) is 4.35. The Morgan fingerprint density at radius 3 is 2.56 bits per heavy atom. The van der Waals surface area contributed by atoms with Crippen molar-refractivity contribution in [1.82, 2.24) is 14.6 Å². The predicted octanol–water partition coefficient (Wildman–Crippen LogP) is 3.96. The Kier molecular flexibility index (Phi) is 3.62. The van der Waals surface area contributed by atoms with Gasteiger partial charge in [0.1, 0.15) is 0 Å². The summed E-state index contributed by atoms with van der Waals surface area (Å²) < 4.78 is 1.38. The lowest BCUT2D eigenvalue weighted by molar-refractivity contribution is 0.756. The molecule has 5 rings (SSSR count). The van der Waals surface area contributed by atoms with Crippen LogP contribution >= 0.6 is 11.3 Å². The second-order valence-corrected chi connectivity index (χ2v) is 8.09. The van der Waals surface area contributed by atoms with Crippen molar-refractivity contribution in [3.8, 4) is 11.3 Å². The van der Waals surface area contributed by atoms with Crippen molar-refractivity contribution in [3.63, 3.8) is 0 Å². The fraction of sp³-hybridized carbons (Fsp3) is 0.190. The fourth-order valence-electron chi connectivity index (χ4n) is 3.49. The summed E-state index contributed by atoms with van der Waals surface area (Å²) in [7, 11) is 0. The molecule has 1 aliphatic carbocycles. The highest BCUT2D eigenvalue weighted by atomic mass is 32.1. The molecule has 0 aliphatic heterocycles. The molecule has 2 aromatic heterocycles. The highest BCUT2D eigenvalue weighted by Crippen LogP contribution is 2.49. The molecule has 5 nitrogen and oxygen atoms in total. The number of aromatic nitrogens is 3. The van der Waals surface area contributed by atoms with Gasteiger partial charge in [0.2, 0.25) is 10.1 Å².